The van der Waals surface area contributed by atoms with Gasteiger partial charge in [-0.15, -0.1) is 0 Å². The highest BCUT2D eigenvalue weighted by Crippen LogP contribution is 2.28. The summed E-state index contributed by atoms with van der Waals surface area (Å²) in [5, 5.41) is 4.86. The summed E-state index contributed by atoms with van der Waals surface area (Å²) in [7, 11) is 0. The van der Waals surface area contributed by atoms with E-state index in [2.05, 4.69) is 34.1 Å². The van der Waals surface area contributed by atoms with Gasteiger partial charge in [-0.25, -0.2) is 9.97 Å². The molecule has 0 amide bonds. The van der Waals surface area contributed by atoms with Gasteiger partial charge in [0.15, 0.2) is 5.16 Å². The minimum Gasteiger partial charge on any atom is -0.310 e. The molecule has 2 N–H and O–H groups in total. The Kier molecular flexibility index (Phi) is 5.31. The fourth-order valence-corrected chi connectivity index (χ4v) is 2.71. The van der Waals surface area contributed by atoms with Gasteiger partial charge in [-0.3, -0.25) is 4.79 Å². The Labute approximate surface area is 122 Å². The van der Waals surface area contributed by atoms with Gasteiger partial charge in [0, 0.05) is 30.1 Å². The molecule has 6 heteroatoms. The van der Waals surface area contributed by atoms with Crippen LogP contribution in [0.4, 0.5) is 0 Å². The summed E-state index contributed by atoms with van der Waals surface area (Å²) in [5.41, 5.74) is 0.953. The molecule has 2 aromatic rings. The third kappa shape index (κ3) is 3.91. The van der Waals surface area contributed by atoms with Crippen LogP contribution in [0.15, 0.2) is 45.6 Å². The molecule has 0 spiro atoms. The number of aromatic nitrogens is 3. The lowest BCUT2D eigenvalue weighted by Gasteiger charge is -2.16. The van der Waals surface area contributed by atoms with Crippen LogP contribution in [-0.4, -0.2) is 21.5 Å². The first-order chi connectivity index (χ1) is 9.70. The van der Waals surface area contributed by atoms with Crippen LogP contribution in [0.1, 0.15) is 31.9 Å². The largest absolute Gasteiger partial charge is 0.310 e. The Morgan fingerprint density at radius 2 is 2.20 bits per heavy atom. The lowest BCUT2D eigenvalue weighted by atomic mass is 10.1. The first kappa shape index (κ1) is 14.7. The highest BCUT2D eigenvalue weighted by Gasteiger charge is 2.12. The molecule has 0 bridgehead atoms. The second kappa shape index (κ2) is 7.21. The van der Waals surface area contributed by atoms with Gasteiger partial charge in [-0.2, -0.15) is 0 Å². The normalized spacial score (nSPS) is 12.3. The summed E-state index contributed by atoms with van der Waals surface area (Å²) < 4.78 is 0. The van der Waals surface area contributed by atoms with Crippen molar-refractivity contribution in [1.29, 1.82) is 0 Å². The maximum Gasteiger partial charge on any atom is 0.251 e. The molecule has 0 aliphatic rings. The first-order valence-electron chi connectivity index (χ1n) is 6.62. The van der Waals surface area contributed by atoms with E-state index in [1.807, 2.05) is 12.1 Å². The van der Waals surface area contributed by atoms with Gasteiger partial charge in [0.25, 0.3) is 5.56 Å². The summed E-state index contributed by atoms with van der Waals surface area (Å²) in [5.74, 6) is 0. The molecule has 0 aliphatic carbocycles. The van der Waals surface area contributed by atoms with E-state index in [1.165, 1.54) is 24.0 Å². The number of rotatable bonds is 6. The summed E-state index contributed by atoms with van der Waals surface area (Å²) in [4.78, 5) is 22.5. The summed E-state index contributed by atoms with van der Waals surface area (Å²) in [6.07, 6.45) is 4.34. The molecule has 0 saturated heterocycles. The van der Waals surface area contributed by atoms with Gasteiger partial charge < -0.3 is 10.3 Å². The number of nitrogens with zero attached hydrogens (tertiary/aromatic N) is 2. The van der Waals surface area contributed by atoms with E-state index < -0.39 is 0 Å². The van der Waals surface area contributed by atoms with Crippen LogP contribution in [0.25, 0.3) is 0 Å². The third-order valence-corrected chi connectivity index (χ3v) is 3.74. The number of pyridine rings is 1. The van der Waals surface area contributed by atoms with E-state index in [-0.39, 0.29) is 11.6 Å². The van der Waals surface area contributed by atoms with Crippen molar-refractivity contribution in [3.8, 4) is 0 Å². The van der Waals surface area contributed by atoms with Gasteiger partial charge in [0.1, 0.15) is 5.03 Å². The Bertz CT molecular complexity index is 614. The number of hydrogen-bond acceptors (Lipinski definition) is 5. The van der Waals surface area contributed by atoms with Crippen molar-refractivity contribution in [2.45, 2.75) is 36.5 Å². The quantitative estimate of drug-likeness (QED) is 0.799. The Morgan fingerprint density at radius 3 is 2.95 bits per heavy atom. The fourth-order valence-electron chi connectivity index (χ4n) is 1.78. The second-order valence-electron chi connectivity index (χ2n) is 4.41. The average molecular weight is 290 g/mol. The highest BCUT2D eigenvalue weighted by atomic mass is 32.2. The minimum absolute atomic E-state index is 0.155. The van der Waals surface area contributed by atoms with Gasteiger partial charge in [-0.1, -0.05) is 13.0 Å². The summed E-state index contributed by atoms with van der Waals surface area (Å²) in [6.45, 7) is 5.20. The van der Waals surface area contributed by atoms with E-state index in [4.69, 9.17) is 0 Å². The molecule has 0 aromatic carbocycles. The molecule has 1 unspecified atom stereocenters. The van der Waals surface area contributed by atoms with Crippen molar-refractivity contribution in [2.24, 2.45) is 0 Å². The Hall–Kier alpha value is -1.66. The molecular formula is C14H18N4OS. The molecule has 0 saturated carbocycles. The molecule has 1 atom stereocenters. The Morgan fingerprint density at radius 1 is 1.35 bits per heavy atom. The van der Waals surface area contributed by atoms with Crippen molar-refractivity contribution in [1.82, 2.24) is 20.3 Å². The lowest BCUT2D eigenvalue weighted by Crippen LogP contribution is -2.20. The zero-order chi connectivity index (χ0) is 14.4. The minimum atomic E-state index is -0.155. The summed E-state index contributed by atoms with van der Waals surface area (Å²) in [6, 6.07) is 5.57. The lowest BCUT2D eigenvalue weighted by molar-refractivity contribution is 0.560. The molecule has 5 nitrogen and oxygen atoms in total. The van der Waals surface area contributed by atoms with E-state index in [0.29, 0.717) is 5.16 Å². The van der Waals surface area contributed by atoms with Crippen molar-refractivity contribution in [3.05, 3.63) is 46.5 Å². The SMILES string of the molecule is CCCNC(C)c1cccnc1Sc1nccc(=O)[nH]1. The molecule has 0 radical (unpaired) electrons. The number of aromatic amines is 1. The van der Waals surface area contributed by atoms with Gasteiger partial charge in [0.2, 0.25) is 0 Å². The van der Waals surface area contributed by atoms with Crippen LogP contribution in [0.3, 0.4) is 0 Å². The van der Waals surface area contributed by atoms with Gasteiger partial charge in [-0.05, 0) is 37.7 Å². The molecule has 2 rings (SSSR count). The monoisotopic (exact) mass is 290 g/mol. The van der Waals surface area contributed by atoms with E-state index in [9.17, 15) is 4.79 Å². The average Bonchev–Trinajstić information content (AvgIpc) is 2.45. The second-order valence-corrected chi connectivity index (χ2v) is 5.39. The van der Waals surface area contributed by atoms with E-state index >= 15 is 0 Å². The van der Waals surface area contributed by atoms with E-state index in [0.717, 1.165) is 23.6 Å². The number of H-pyrrole nitrogens is 1. The van der Waals surface area contributed by atoms with Crippen LogP contribution < -0.4 is 10.9 Å². The molecule has 0 fully saturated rings. The van der Waals surface area contributed by atoms with Crippen molar-refractivity contribution in [2.75, 3.05) is 6.54 Å². The molecule has 0 aliphatic heterocycles. The molecular weight excluding hydrogens is 272 g/mol. The predicted octanol–water partition coefficient (Wildman–Crippen LogP) is 2.38. The molecule has 20 heavy (non-hydrogen) atoms. The number of hydrogen-bond donors (Lipinski definition) is 2. The molecule has 2 heterocycles. The van der Waals surface area contributed by atoms with Gasteiger partial charge in [0.05, 0.1) is 0 Å². The third-order valence-electron chi connectivity index (χ3n) is 2.81. The van der Waals surface area contributed by atoms with Crippen molar-refractivity contribution in [3.63, 3.8) is 0 Å². The smallest absolute Gasteiger partial charge is 0.251 e. The maximum absolute atomic E-state index is 11.3. The standard InChI is InChI=1S/C14H18N4OS/c1-3-7-15-10(2)11-5-4-8-16-13(11)20-14-17-9-6-12(19)18-14/h4-6,8-10,15H,3,7H2,1-2H3,(H,17,18,19). The maximum atomic E-state index is 11.3. The Balaban J connectivity index is 2.21. The molecule has 106 valence electrons. The highest BCUT2D eigenvalue weighted by molar-refractivity contribution is 7.99. The van der Waals surface area contributed by atoms with Crippen LogP contribution >= 0.6 is 11.8 Å². The fraction of sp³-hybridized carbons (Fsp3) is 0.357. The van der Waals surface area contributed by atoms with Crippen LogP contribution in [0.2, 0.25) is 0 Å². The van der Waals surface area contributed by atoms with Crippen LogP contribution in [0, 0.1) is 0 Å². The molecule has 2 aromatic heterocycles. The zero-order valence-electron chi connectivity index (χ0n) is 11.6. The van der Waals surface area contributed by atoms with Crippen LogP contribution in [-0.2, 0) is 0 Å². The zero-order valence-corrected chi connectivity index (χ0v) is 12.4. The number of nitrogens with one attached hydrogen (secondary N) is 2. The van der Waals surface area contributed by atoms with Crippen molar-refractivity contribution < 1.29 is 0 Å². The van der Waals surface area contributed by atoms with Crippen molar-refractivity contribution >= 4 is 11.8 Å². The summed E-state index contributed by atoms with van der Waals surface area (Å²) >= 11 is 1.37. The first-order valence-corrected chi connectivity index (χ1v) is 7.44. The van der Waals surface area contributed by atoms with Crippen LogP contribution in [0.5, 0.6) is 0 Å². The van der Waals surface area contributed by atoms with E-state index in [1.54, 1.807) is 6.20 Å². The van der Waals surface area contributed by atoms with Gasteiger partial charge >= 0.3 is 0 Å². The predicted molar refractivity (Wildman–Crippen MR) is 79.9 cm³/mol. The topological polar surface area (TPSA) is 70.7 Å².